The highest BCUT2D eigenvalue weighted by Gasteiger charge is 2.58. The highest BCUT2D eigenvalue weighted by atomic mass is 19.1. The van der Waals surface area contributed by atoms with Crippen LogP contribution in [0, 0.1) is 17.0 Å². The predicted molar refractivity (Wildman–Crippen MR) is 78.1 cm³/mol. The molecule has 1 heterocycles. The Morgan fingerprint density at radius 2 is 1.46 bits per heavy atom. The fourth-order valence-corrected chi connectivity index (χ4v) is 2.92. The van der Waals surface area contributed by atoms with Gasteiger partial charge in [0.2, 0.25) is 5.91 Å². The number of carboxylic acids is 1. The molecule has 1 N–H and O–H groups in total. The zero-order chi connectivity index (χ0) is 17.5. The van der Waals surface area contributed by atoms with Crippen molar-refractivity contribution in [3.8, 4) is 0 Å². The Kier molecular flexibility index (Phi) is 3.98. The van der Waals surface area contributed by atoms with Gasteiger partial charge in [0.05, 0.1) is 0 Å². The van der Waals surface area contributed by atoms with Gasteiger partial charge in [0.25, 0.3) is 5.91 Å². The molecule has 0 atom stereocenters. The predicted octanol–water partition coefficient (Wildman–Crippen LogP) is 1.11. The topological polar surface area (TPSA) is 77.9 Å². The second-order valence-corrected chi connectivity index (χ2v) is 6.07. The van der Waals surface area contributed by atoms with Gasteiger partial charge in [-0.3, -0.25) is 14.4 Å². The maximum absolute atomic E-state index is 13.7. The van der Waals surface area contributed by atoms with Crippen LogP contribution in [0.4, 0.5) is 8.78 Å². The van der Waals surface area contributed by atoms with Crippen molar-refractivity contribution < 1.29 is 28.3 Å². The van der Waals surface area contributed by atoms with Gasteiger partial charge >= 0.3 is 5.97 Å². The number of nitrogens with zero attached hydrogens (tertiary/aromatic N) is 2. The molecule has 8 heteroatoms. The monoisotopic (exact) mass is 338 g/mol. The molecule has 0 unspecified atom stereocenters. The van der Waals surface area contributed by atoms with Crippen molar-refractivity contribution in [3.05, 3.63) is 35.4 Å². The van der Waals surface area contributed by atoms with Crippen LogP contribution >= 0.6 is 0 Å². The highest BCUT2D eigenvalue weighted by molar-refractivity contribution is 6.05. The zero-order valence-electron chi connectivity index (χ0n) is 12.8. The maximum Gasteiger partial charge on any atom is 0.319 e. The van der Waals surface area contributed by atoms with Crippen molar-refractivity contribution in [3.63, 3.8) is 0 Å². The first-order valence-electron chi connectivity index (χ1n) is 7.63. The molecule has 2 aliphatic rings. The summed E-state index contributed by atoms with van der Waals surface area (Å²) >= 11 is 0. The highest BCUT2D eigenvalue weighted by Crippen LogP contribution is 2.47. The first kappa shape index (κ1) is 16.4. The number of carboxylic acid groups (broad SMARTS) is 1. The number of hydrogen-bond donors (Lipinski definition) is 1. The molecule has 2 amide bonds. The van der Waals surface area contributed by atoms with Gasteiger partial charge in [-0.1, -0.05) is 6.07 Å². The normalized spacial score (nSPS) is 19.1. The molecule has 0 aromatic heterocycles. The molecule has 1 aromatic carbocycles. The Balaban J connectivity index is 1.66. The minimum atomic E-state index is -1.32. The first-order chi connectivity index (χ1) is 11.4. The number of halogens is 2. The van der Waals surface area contributed by atoms with Gasteiger partial charge in [0, 0.05) is 26.2 Å². The van der Waals surface area contributed by atoms with Crippen molar-refractivity contribution in [1.82, 2.24) is 9.80 Å². The molecule has 128 valence electrons. The number of benzene rings is 1. The lowest BCUT2D eigenvalue weighted by molar-refractivity contribution is -0.154. The lowest BCUT2D eigenvalue weighted by atomic mass is 10.1. The molecule has 1 saturated heterocycles. The number of aliphatic carboxylic acids is 1. The number of amides is 2. The van der Waals surface area contributed by atoms with Crippen LogP contribution in [0.15, 0.2) is 18.2 Å². The molecule has 1 aliphatic carbocycles. The summed E-state index contributed by atoms with van der Waals surface area (Å²) in [7, 11) is 0. The van der Waals surface area contributed by atoms with Crippen molar-refractivity contribution >= 4 is 17.8 Å². The van der Waals surface area contributed by atoms with Gasteiger partial charge in [0.1, 0.15) is 22.6 Å². The van der Waals surface area contributed by atoms with E-state index < -0.39 is 40.4 Å². The van der Waals surface area contributed by atoms with E-state index in [9.17, 15) is 23.2 Å². The van der Waals surface area contributed by atoms with E-state index in [0.717, 1.165) is 12.1 Å². The molecule has 0 bridgehead atoms. The Bertz CT molecular complexity index is 690. The van der Waals surface area contributed by atoms with Gasteiger partial charge in [-0.05, 0) is 25.0 Å². The van der Waals surface area contributed by atoms with E-state index in [1.165, 1.54) is 15.9 Å². The summed E-state index contributed by atoms with van der Waals surface area (Å²) in [6, 6.07) is 3.21. The van der Waals surface area contributed by atoms with Crippen LogP contribution in [0.5, 0.6) is 0 Å². The average Bonchev–Trinajstić information content (AvgIpc) is 3.36. The number of rotatable bonds is 3. The van der Waals surface area contributed by atoms with Gasteiger partial charge in [-0.15, -0.1) is 0 Å². The van der Waals surface area contributed by atoms with E-state index in [2.05, 4.69) is 0 Å². The molecular formula is C16H16F2N2O4. The van der Waals surface area contributed by atoms with E-state index in [1.54, 1.807) is 0 Å². The molecule has 0 spiro atoms. The van der Waals surface area contributed by atoms with Crippen molar-refractivity contribution in [1.29, 1.82) is 0 Å². The van der Waals surface area contributed by atoms with Gasteiger partial charge < -0.3 is 14.9 Å². The average molecular weight is 338 g/mol. The third kappa shape index (κ3) is 2.61. The fourth-order valence-electron chi connectivity index (χ4n) is 2.92. The van der Waals surface area contributed by atoms with Crippen molar-refractivity contribution in [2.45, 2.75) is 12.8 Å². The second kappa shape index (κ2) is 5.85. The Morgan fingerprint density at radius 3 is 1.92 bits per heavy atom. The van der Waals surface area contributed by atoms with E-state index in [1.807, 2.05) is 0 Å². The van der Waals surface area contributed by atoms with E-state index in [0.29, 0.717) is 12.8 Å². The number of carbonyl (C=O) groups is 3. The molecule has 6 nitrogen and oxygen atoms in total. The van der Waals surface area contributed by atoms with Gasteiger partial charge in [0.15, 0.2) is 0 Å². The van der Waals surface area contributed by atoms with Crippen molar-refractivity contribution in [2.75, 3.05) is 26.2 Å². The summed E-state index contributed by atoms with van der Waals surface area (Å²) in [5.74, 6) is -4.20. The van der Waals surface area contributed by atoms with Crippen LogP contribution in [0.1, 0.15) is 23.2 Å². The van der Waals surface area contributed by atoms with E-state index >= 15 is 0 Å². The fraction of sp³-hybridized carbons (Fsp3) is 0.438. The molecule has 3 rings (SSSR count). The third-order valence-corrected chi connectivity index (χ3v) is 4.60. The van der Waals surface area contributed by atoms with E-state index in [4.69, 9.17) is 5.11 Å². The summed E-state index contributed by atoms with van der Waals surface area (Å²) in [6.45, 7) is 0.507. The first-order valence-corrected chi connectivity index (χ1v) is 7.63. The van der Waals surface area contributed by atoms with Crippen LogP contribution in [0.25, 0.3) is 0 Å². The lowest BCUT2D eigenvalue weighted by Gasteiger charge is -2.36. The molecule has 1 aromatic rings. The van der Waals surface area contributed by atoms with E-state index in [-0.39, 0.29) is 26.2 Å². The standard InChI is InChI=1S/C16H16F2N2O4/c17-10-2-1-3-11(18)12(10)13(21)19-6-8-20(9-7-19)14(22)16(4-5-16)15(23)24/h1-3H,4-9H2,(H,23,24). The summed E-state index contributed by atoms with van der Waals surface area (Å²) in [5.41, 5.74) is -1.93. The van der Waals surface area contributed by atoms with Gasteiger partial charge in [-0.2, -0.15) is 0 Å². The van der Waals surface area contributed by atoms with Crippen LogP contribution in [-0.2, 0) is 9.59 Å². The van der Waals surface area contributed by atoms with Crippen molar-refractivity contribution in [2.24, 2.45) is 5.41 Å². The molecule has 1 saturated carbocycles. The lowest BCUT2D eigenvalue weighted by Crippen LogP contribution is -2.53. The zero-order valence-corrected chi connectivity index (χ0v) is 12.8. The molecule has 24 heavy (non-hydrogen) atoms. The second-order valence-electron chi connectivity index (χ2n) is 6.07. The number of carbonyl (C=O) groups excluding carboxylic acids is 2. The van der Waals surface area contributed by atoms with Gasteiger partial charge in [-0.25, -0.2) is 8.78 Å². The molecule has 0 radical (unpaired) electrons. The molecular weight excluding hydrogens is 322 g/mol. The summed E-state index contributed by atoms with van der Waals surface area (Å²) in [4.78, 5) is 38.5. The number of piperazine rings is 1. The van der Waals surface area contributed by atoms with Crippen LogP contribution < -0.4 is 0 Å². The quantitative estimate of drug-likeness (QED) is 0.838. The summed E-state index contributed by atoms with van der Waals surface area (Å²) < 4.78 is 27.4. The molecule has 2 fully saturated rings. The number of hydrogen-bond acceptors (Lipinski definition) is 3. The Morgan fingerprint density at radius 1 is 0.958 bits per heavy atom. The minimum Gasteiger partial charge on any atom is -0.480 e. The summed E-state index contributed by atoms with van der Waals surface area (Å²) in [5, 5.41) is 9.16. The minimum absolute atomic E-state index is 0.105. The molecule has 1 aliphatic heterocycles. The SMILES string of the molecule is O=C(c1c(F)cccc1F)N1CCN(C(=O)C2(C(=O)O)CC2)CC1. The van der Waals surface area contributed by atoms with Crippen LogP contribution in [0.2, 0.25) is 0 Å². The Labute approximate surface area is 136 Å². The Hall–Kier alpha value is -2.51. The summed E-state index contributed by atoms with van der Waals surface area (Å²) in [6.07, 6.45) is 0.640. The van der Waals surface area contributed by atoms with Crippen LogP contribution in [0.3, 0.4) is 0 Å². The largest absolute Gasteiger partial charge is 0.480 e. The smallest absolute Gasteiger partial charge is 0.319 e. The maximum atomic E-state index is 13.7. The third-order valence-electron chi connectivity index (χ3n) is 4.60. The van der Waals surface area contributed by atoms with Crippen LogP contribution in [-0.4, -0.2) is 58.9 Å².